The number of aromatic nitrogens is 1. The van der Waals surface area contributed by atoms with Gasteiger partial charge in [-0.1, -0.05) is 0 Å². The minimum absolute atomic E-state index is 0.305. The molecule has 1 N–H and O–H groups in total. The van der Waals surface area contributed by atoms with Crippen molar-refractivity contribution in [2.24, 2.45) is 0 Å². The molecule has 1 aromatic rings. The van der Waals surface area contributed by atoms with Crippen molar-refractivity contribution in [3.8, 4) is 5.75 Å². The molecule has 0 fully saturated rings. The summed E-state index contributed by atoms with van der Waals surface area (Å²) in [6.07, 6.45) is 0. The molecule has 0 saturated carbocycles. The van der Waals surface area contributed by atoms with E-state index in [1.807, 2.05) is 19.9 Å². The summed E-state index contributed by atoms with van der Waals surface area (Å²) in [5.74, 6) is 0.305. The van der Waals surface area contributed by atoms with Gasteiger partial charge in [-0.3, -0.25) is 4.98 Å². The molecule has 0 aliphatic carbocycles. The quantitative estimate of drug-likeness (QED) is 0.801. The Bertz CT molecular complexity index is 319. The number of pyridine rings is 1. The van der Waals surface area contributed by atoms with Crippen LogP contribution in [0.5, 0.6) is 5.75 Å². The van der Waals surface area contributed by atoms with E-state index in [4.69, 9.17) is 0 Å². The molecule has 1 heterocycles. The Hall–Kier alpha value is -1.25. The van der Waals surface area contributed by atoms with Gasteiger partial charge in [0.05, 0.1) is 11.4 Å². The van der Waals surface area contributed by atoms with Crippen LogP contribution in [0.1, 0.15) is 25.2 Å². The molecule has 78 valence electrons. The molecule has 0 bridgehead atoms. The topological polar surface area (TPSA) is 36.4 Å². The predicted octanol–water partition coefficient (Wildman–Crippen LogP) is 2.25. The summed E-state index contributed by atoms with van der Waals surface area (Å²) in [4.78, 5) is 6.33. The molecule has 3 heteroatoms. The Morgan fingerprint density at radius 2 is 1.86 bits per heavy atom. The van der Waals surface area contributed by atoms with E-state index in [1.165, 1.54) is 0 Å². The minimum Gasteiger partial charge on any atom is -0.504 e. The van der Waals surface area contributed by atoms with E-state index in [0.29, 0.717) is 11.4 Å². The van der Waals surface area contributed by atoms with Crippen molar-refractivity contribution >= 4 is 5.69 Å². The Morgan fingerprint density at radius 3 is 2.36 bits per heavy atom. The van der Waals surface area contributed by atoms with E-state index in [1.54, 1.807) is 0 Å². The molecule has 0 unspecified atom stereocenters. The van der Waals surface area contributed by atoms with Gasteiger partial charge in [-0.25, -0.2) is 0 Å². The summed E-state index contributed by atoms with van der Waals surface area (Å²) in [6, 6.07) is 1.93. The van der Waals surface area contributed by atoms with E-state index in [2.05, 4.69) is 23.7 Å². The van der Waals surface area contributed by atoms with Crippen LogP contribution >= 0.6 is 0 Å². The average Bonchev–Trinajstić information content (AvgIpc) is 2.15. The van der Waals surface area contributed by atoms with Gasteiger partial charge in [-0.2, -0.15) is 0 Å². The summed E-state index contributed by atoms with van der Waals surface area (Å²) in [6.45, 7) is 9.72. The van der Waals surface area contributed by atoms with Crippen LogP contribution in [0.25, 0.3) is 0 Å². The summed E-state index contributed by atoms with van der Waals surface area (Å²) in [5.41, 5.74) is 2.54. The summed E-state index contributed by atoms with van der Waals surface area (Å²) in [7, 11) is 0. The average molecular weight is 194 g/mol. The smallest absolute Gasteiger partial charge is 0.160 e. The van der Waals surface area contributed by atoms with Gasteiger partial charge in [0.25, 0.3) is 0 Å². The van der Waals surface area contributed by atoms with Crippen molar-refractivity contribution in [3.63, 3.8) is 0 Å². The second-order valence-electron chi connectivity index (χ2n) is 3.39. The monoisotopic (exact) mass is 194 g/mol. The molecule has 0 amide bonds. The largest absolute Gasteiger partial charge is 0.504 e. The second-order valence-corrected chi connectivity index (χ2v) is 3.39. The lowest BCUT2D eigenvalue weighted by Gasteiger charge is -2.22. The van der Waals surface area contributed by atoms with Crippen molar-refractivity contribution in [2.75, 3.05) is 18.0 Å². The Morgan fingerprint density at radius 1 is 1.29 bits per heavy atom. The maximum Gasteiger partial charge on any atom is 0.160 e. The van der Waals surface area contributed by atoms with E-state index in [9.17, 15) is 5.11 Å². The lowest BCUT2D eigenvalue weighted by atomic mass is 10.2. The zero-order chi connectivity index (χ0) is 10.7. The minimum atomic E-state index is 0.305. The maximum absolute atomic E-state index is 9.85. The van der Waals surface area contributed by atoms with Gasteiger partial charge in [0.1, 0.15) is 0 Å². The molecule has 0 atom stereocenters. The SMILES string of the molecule is CCN(CC)c1cc(C)nc(C)c1O. The van der Waals surface area contributed by atoms with Crippen LogP contribution in [0.15, 0.2) is 6.07 Å². The lowest BCUT2D eigenvalue weighted by Crippen LogP contribution is -2.22. The number of aromatic hydroxyl groups is 1. The zero-order valence-corrected chi connectivity index (χ0v) is 9.33. The third-order valence-electron chi connectivity index (χ3n) is 2.38. The summed E-state index contributed by atoms with van der Waals surface area (Å²) < 4.78 is 0. The molecular weight excluding hydrogens is 176 g/mol. The van der Waals surface area contributed by atoms with Crippen LogP contribution in [0, 0.1) is 13.8 Å². The zero-order valence-electron chi connectivity index (χ0n) is 9.33. The molecule has 0 saturated heterocycles. The summed E-state index contributed by atoms with van der Waals surface area (Å²) >= 11 is 0. The normalized spacial score (nSPS) is 10.3. The highest BCUT2D eigenvalue weighted by Crippen LogP contribution is 2.29. The predicted molar refractivity (Wildman–Crippen MR) is 58.9 cm³/mol. The Balaban J connectivity index is 3.18. The van der Waals surface area contributed by atoms with Crippen LogP contribution in [0.3, 0.4) is 0 Å². The molecule has 0 aliphatic heterocycles. The van der Waals surface area contributed by atoms with Crippen LogP contribution in [0.4, 0.5) is 5.69 Å². The first-order chi connectivity index (χ1) is 6.60. The third-order valence-corrected chi connectivity index (χ3v) is 2.38. The molecule has 14 heavy (non-hydrogen) atoms. The van der Waals surface area contributed by atoms with Crippen molar-refractivity contribution in [1.29, 1.82) is 0 Å². The lowest BCUT2D eigenvalue weighted by molar-refractivity contribution is 0.466. The fourth-order valence-corrected chi connectivity index (χ4v) is 1.61. The van der Waals surface area contributed by atoms with Gasteiger partial charge in [-0.15, -0.1) is 0 Å². The van der Waals surface area contributed by atoms with E-state index in [-0.39, 0.29) is 0 Å². The molecule has 3 nitrogen and oxygen atoms in total. The van der Waals surface area contributed by atoms with Crippen molar-refractivity contribution in [3.05, 3.63) is 17.5 Å². The number of rotatable bonds is 3. The molecule has 0 radical (unpaired) electrons. The van der Waals surface area contributed by atoms with Gasteiger partial charge in [0.15, 0.2) is 5.75 Å². The van der Waals surface area contributed by atoms with Crippen LogP contribution in [0.2, 0.25) is 0 Å². The van der Waals surface area contributed by atoms with Gasteiger partial charge in [-0.05, 0) is 33.8 Å². The van der Waals surface area contributed by atoms with Crippen molar-refractivity contribution in [1.82, 2.24) is 4.98 Å². The molecule has 0 aromatic carbocycles. The van der Waals surface area contributed by atoms with Gasteiger partial charge in [0, 0.05) is 18.8 Å². The Kier molecular flexibility index (Phi) is 3.33. The fourth-order valence-electron chi connectivity index (χ4n) is 1.61. The molecule has 0 spiro atoms. The van der Waals surface area contributed by atoms with E-state index >= 15 is 0 Å². The molecule has 0 aliphatic rings. The highest BCUT2D eigenvalue weighted by atomic mass is 16.3. The molecule has 1 aromatic heterocycles. The number of hydrogen-bond acceptors (Lipinski definition) is 3. The van der Waals surface area contributed by atoms with E-state index in [0.717, 1.165) is 24.5 Å². The summed E-state index contributed by atoms with van der Waals surface area (Å²) in [5, 5.41) is 9.85. The fraction of sp³-hybridized carbons (Fsp3) is 0.545. The number of aryl methyl sites for hydroxylation is 2. The highest BCUT2D eigenvalue weighted by molar-refractivity contribution is 5.60. The first-order valence-electron chi connectivity index (χ1n) is 5.02. The first kappa shape index (κ1) is 10.8. The second kappa shape index (κ2) is 4.31. The first-order valence-corrected chi connectivity index (χ1v) is 5.02. The molecular formula is C11H18N2O. The van der Waals surface area contributed by atoms with E-state index < -0.39 is 0 Å². The number of hydrogen-bond donors (Lipinski definition) is 1. The molecule has 1 rings (SSSR count). The standard InChI is InChI=1S/C11H18N2O/c1-5-13(6-2)10-7-8(3)12-9(4)11(10)14/h7,14H,5-6H2,1-4H3. The highest BCUT2D eigenvalue weighted by Gasteiger charge is 2.11. The van der Waals surface area contributed by atoms with Crippen LogP contribution in [-0.2, 0) is 0 Å². The third kappa shape index (κ3) is 1.97. The maximum atomic E-state index is 9.85. The van der Waals surface area contributed by atoms with Gasteiger partial charge >= 0.3 is 0 Å². The van der Waals surface area contributed by atoms with Crippen molar-refractivity contribution < 1.29 is 5.11 Å². The number of nitrogens with zero attached hydrogens (tertiary/aromatic N) is 2. The number of anilines is 1. The van der Waals surface area contributed by atoms with Crippen LogP contribution in [-0.4, -0.2) is 23.2 Å². The van der Waals surface area contributed by atoms with Crippen molar-refractivity contribution in [2.45, 2.75) is 27.7 Å². The van der Waals surface area contributed by atoms with Gasteiger partial charge in [0.2, 0.25) is 0 Å². The van der Waals surface area contributed by atoms with Gasteiger partial charge < -0.3 is 10.0 Å². The Labute approximate surface area is 85.4 Å². The van der Waals surface area contributed by atoms with Crippen LogP contribution < -0.4 is 4.90 Å².